The molecule has 22 heavy (non-hydrogen) atoms. The fraction of sp³-hybridized carbons (Fsp3) is 0.368. The summed E-state index contributed by atoms with van der Waals surface area (Å²) in [6.07, 6.45) is 1.29. The van der Waals surface area contributed by atoms with E-state index in [1.165, 1.54) is 24.1 Å². The van der Waals surface area contributed by atoms with Crippen molar-refractivity contribution in [1.82, 2.24) is 10.2 Å². The first kappa shape index (κ1) is 15.5. The zero-order chi connectivity index (χ0) is 15.4. The highest BCUT2D eigenvalue weighted by Crippen LogP contribution is 2.20. The van der Waals surface area contributed by atoms with E-state index in [0.29, 0.717) is 6.04 Å². The first-order chi connectivity index (χ1) is 10.7. The van der Waals surface area contributed by atoms with Gasteiger partial charge >= 0.3 is 0 Å². The molecule has 1 N–H and O–H groups in total. The minimum absolute atomic E-state index is 0.661. The van der Waals surface area contributed by atoms with Gasteiger partial charge in [-0.3, -0.25) is 4.90 Å². The molecule has 1 aliphatic rings. The lowest BCUT2D eigenvalue weighted by Gasteiger charge is -2.41. The Kier molecular flexibility index (Phi) is 5.14. The summed E-state index contributed by atoms with van der Waals surface area (Å²) in [5.41, 5.74) is 3.85. The molecule has 0 bridgehead atoms. The average molecular weight is 315 g/mol. The molecule has 0 aliphatic carbocycles. The van der Waals surface area contributed by atoms with Crippen molar-refractivity contribution in [2.24, 2.45) is 0 Å². The molecule has 1 atom stereocenters. The van der Waals surface area contributed by atoms with Gasteiger partial charge in [0.15, 0.2) is 0 Å². The van der Waals surface area contributed by atoms with E-state index in [2.05, 4.69) is 59.6 Å². The molecular formula is C19H23ClN2. The van der Waals surface area contributed by atoms with Crippen molar-refractivity contribution < 1.29 is 0 Å². The molecule has 1 fully saturated rings. The number of likely N-dealkylation sites (tertiary alicyclic amines) is 1. The van der Waals surface area contributed by atoms with Gasteiger partial charge in [-0.2, -0.15) is 0 Å². The molecule has 0 radical (unpaired) electrons. The second-order valence-corrected chi connectivity index (χ2v) is 6.52. The maximum atomic E-state index is 6.07. The highest BCUT2D eigenvalue weighted by Gasteiger charge is 2.27. The Balaban J connectivity index is 1.44. The normalized spacial score (nSPS) is 18.2. The average Bonchev–Trinajstić information content (AvgIpc) is 2.52. The summed E-state index contributed by atoms with van der Waals surface area (Å²) in [6, 6.07) is 17.6. The second kappa shape index (κ2) is 7.28. The van der Waals surface area contributed by atoms with Crippen molar-refractivity contribution >= 4 is 11.6 Å². The van der Waals surface area contributed by atoms with Crippen molar-refractivity contribution in [2.75, 3.05) is 13.1 Å². The maximum Gasteiger partial charge on any atom is 0.0435 e. The van der Waals surface area contributed by atoms with Gasteiger partial charge in [-0.25, -0.2) is 0 Å². The van der Waals surface area contributed by atoms with Crippen molar-refractivity contribution in [2.45, 2.75) is 32.5 Å². The van der Waals surface area contributed by atoms with Gasteiger partial charge in [-0.15, -0.1) is 0 Å². The Morgan fingerprint density at radius 2 is 1.95 bits per heavy atom. The number of nitrogens with zero attached hydrogens (tertiary/aromatic N) is 1. The highest BCUT2D eigenvalue weighted by molar-refractivity contribution is 6.31. The van der Waals surface area contributed by atoms with Crippen LogP contribution in [0, 0.1) is 6.92 Å². The van der Waals surface area contributed by atoms with Crippen LogP contribution in [0.4, 0.5) is 0 Å². The first-order valence-corrected chi connectivity index (χ1v) is 8.34. The number of benzene rings is 2. The van der Waals surface area contributed by atoms with Gasteiger partial charge in [0.2, 0.25) is 0 Å². The third-order valence-electron chi connectivity index (χ3n) is 4.43. The van der Waals surface area contributed by atoms with E-state index < -0.39 is 0 Å². The van der Waals surface area contributed by atoms with Crippen LogP contribution in [0.5, 0.6) is 0 Å². The summed E-state index contributed by atoms with van der Waals surface area (Å²) < 4.78 is 0. The van der Waals surface area contributed by atoms with Crippen LogP contribution in [0.25, 0.3) is 0 Å². The Morgan fingerprint density at radius 3 is 2.64 bits per heavy atom. The Hall–Kier alpha value is -1.35. The van der Waals surface area contributed by atoms with Crippen LogP contribution in [-0.4, -0.2) is 24.0 Å². The van der Waals surface area contributed by atoms with Gasteiger partial charge in [0.1, 0.15) is 0 Å². The maximum absolute atomic E-state index is 6.07. The molecule has 0 saturated carbocycles. The Labute approximate surface area is 138 Å². The fourth-order valence-corrected chi connectivity index (χ4v) is 3.07. The number of nitrogens with one attached hydrogen (secondary N) is 1. The molecular weight excluding hydrogens is 292 g/mol. The largest absolute Gasteiger partial charge is 0.311 e. The summed E-state index contributed by atoms with van der Waals surface area (Å²) in [4.78, 5) is 2.55. The van der Waals surface area contributed by atoms with Gasteiger partial charge in [-0.1, -0.05) is 54.1 Å². The topological polar surface area (TPSA) is 15.3 Å². The number of rotatable bonds is 6. The molecule has 3 rings (SSSR count). The SMILES string of the molecule is Cc1cc(CNCC2CCN2Cc2ccccc2)ccc1Cl. The van der Waals surface area contributed by atoms with Crippen molar-refractivity contribution in [1.29, 1.82) is 0 Å². The summed E-state index contributed by atoms with van der Waals surface area (Å²) in [5.74, 6) is 0. The van der Waals surface area contributed by atoms with Crippen LogP contribution < -0.4 is 5.32 Å². The molecule has 2 aromatic carbocycles. The smallest absolute Gasteiger partial charge is 0.0435 e. The van der Waals surface area contributed by atoms with Crippen LogP contribution in [0.2, 0.25) is 5.02 Å². The lowest BCUT2D eigenvalue weighted by molar-refractivity contribution is 0.0811. The molecule has 1 saturated heterocycles. The molecule has 2 aromatic rings. The Morgan fingerprint density at radius 1 is 1.14 bits per heavy atom. The van der Waals surface area contributed by atoms with Crippen molar-refractivity contribution in [3.63, 3.8) is 0 Å². The number of halogens is 1. The second-order valence-electron chi connectivity index (χ2n) is 6.11. The number of hydrogen-bond donors (Lipinski definition) is 1. The van der Waals surface area contributed by atoms with E-state index in [0.717, 1.165) is 30.2 Å². The molecule has 116 valence electrons. The van der Waals surface area contributed by atoms with Crippen molar-refractivity contribution in [3.8, 4) is 0 Å². The molecule has 0 amide bonds. The van der Waals surface area contributed by atoms with E-state index >= 15 is 0 Å². The predicted molar refractivity (Wildman–Crippen MR) is 93.2 cm³/mol. The van der Waals surface area contributed by atoms with Gasteiger partial charge in [-0.05, 0) is 36.1 Å². The first-order valence-electron chi connectivity index (χ1n) is 7.96. The highest BCUT2D eigenvalue weighted by atomic mass is 35.5. The molecule has 1 heterocycles. The van der Waals surface area contributed by atoms with E-state index in [9.17, 15) is 0 Å². The van der Waals surface area contributed by atoms with Gasteiger partial charge in [0.25, 0.3) is 0 Å². The van der Waals surface area contributed by atoms with Crippen LogP contribution in [0.1, 0.15) is 23.1 Å². The zero-order valence-corrected chi connectivity index (χ0v) is 13.8. The lowest BCUT2D eigenvalue weighted by atomic mass is 10.0. The predicted octanol–water partition coefficient (Wildman–Crippen LogP) is 4.01. The quantitative estimate of drug-likeness (QED) is 0.866. The lowest BCUT2D eigenvalue weighted by Crippen LogP contribution is -2.51. The van der Waals surface area contributed by atoms with Gasteiger partial charge in [0, 0.05) is 37.2 Å². The van der Waals surface area contributed by atoms with E-state index in [-0.39, 0.29) is 0 Å². The number of hydrogen-bond acceptors (Lipinski definition) is 2. The zero-order valence-electron chi connectivity index (χ0n) is 13.1. The third kappa shape index (κ3) is 3.89. The van der Waals surface area contributed by atoms with Crippen LogP contribution in [0.15, 0.2) is 48.5 Å². The summed E-state index contributed by atoms with van der Waals surface area (Å²) in [6.45, 7) is 6.29. The van der Waals surface area contributed by atoms with Crippen molar-refractivity contribution in [3.05, 3.63) is 70.2 Å². The molecule has 0 aromatic heterocycles. The molecule has 3 heteroatoms. The van der Waals surface area contributed by atoms with Crippen LogP contribution in [-0.2, 0) is 13.1 Å². The molecule has 1 unspecified atom stereocenters. The molecule has 0 spiro atoms. The number of aryl methyl sites for hydroxylation is 1. The molecule has 1 aliphatic heterocycles. The third-order valence-corrected chi connectivity index (χ3v) is 4.85. The van der Waals surface area contributed by atoms with E-state index in [4.69, 9.17) is 11.6 Å². The van der Waals surface area contributed by atoms with Crippen LogP contribution >= 0.6 is 11.6 Å². The summed E-state index contributed by atoms with van der Waals surface area (Å²) >= 11 is 6.07. The summed E-state index contributed by atoms with van der Waals surface area (Å²) in [7, 11) is 0. The monoisotopic (exact) mass is 314 g/mol. The van der Waals surface area contributed by atoms with Gasteiger partial charge < -0.3 is 5.32 Å². The minimum Gasteiger partial charge on any atom is -0.311 e. The van der Waals surface area contributed by atoms with E-state index in [1.54, 1.807) is 0 Å². The van der Waals surface area contributed by atoms with E-state index in [1.807, 2.05) is 6.07 Å². The Bertz CT molecular complexity index is 612. The summed E-state index contributed by atoms with van der Waals surface area (Å²) in [5, 5.41) is 4.43. The standard InChI is InChI=1S/C19H23ClN2/c1-15-11-17(7-8-19(15)20)12-21-13-18-9-10-22(18)14-16-5-3-2-4-6-16/h2-8,11,18,21H,9-10,12-14H2,1H3. The molecule has 2 nitrogen and oxygen atoms in total. The van der Waals surface area contributed by atoms with Gasteiger partial charge in [0.05, 0.1) is 0 Å². The minimum atomic E-state index is 0.661. The van der Waals surface area contributed by atoms with Crippen LogP contribution in [0.3, 0.4) is 0 Å². The fourth-order valence-electron chi connectivity index (χ4n) is 2.95.